The molecule has 29 heavy (non-hydrogen) atoms. The number of amides is 1. The molecule has 1 N–H and O–H groups in total. The lowest BCUT2D eigenvalue weighted by Gasteiger charge is -2.32. The number of carbonyl (C=O) groups is 3. The van der Waals surface area contributed by atoms with E-state index in [1.54, 1.807) is 53.7 Å². The van der Waals surface area contributed by atoms with Gasteiger partial charge in [-0.05, 0) is 65.3 Å². The van der Waals surface area contributed by atoms with Gasteiger partial charge in [0.1, 0.15) is 23.8 Å². The Balaban J connectivity index is 3.23. The average molecular weight is 537 g/mol. The van der Waals surface area contributed by atoms with Gasteiger partial charge in [0, 0.05) is 15.4 Å². The first kappa shape index (κ1) is 25.4. The zero-order chi connectivity index (χ0) is 22.6. The molecular formula is C20H27Br2NO6. The maximum Gasteiger partial charge on any atom is 0.411 e. The van der Waals surface area contributed by atoms with Crippen LogP contribution in [0.25, 0.3) is 0 Å². The van der Waals surface area contributed by atoms with Crippen LogP contribution in [0.2, 0.25) is 0 Å². The summed E-state index contributed by atoms with van der Waals surface area (Å²) in [4.78, 5) is 38.0. The fourth-order valence-corrected chi connectivity index (χ4v) is 3.81. The number of aliphatic carboxylic acids is 1. The predicted octanol–water partition coefficient (Wildman–Crippen LogP) is 4.79. The van der Waals surface area contributed by atoms with Crippen molar-refractivity contribution in [3.63, 3.8) is 0 Å². The van der Waals surface area contributed by atoms with Crippen LogP contribution in [-0.2, 0) is 25.5 Å². The van der Waals surface area contributed by atoms with Crippen molar-refractivity contribution in [1.82, 2.24) is 4.90 Å². The molecule has 0 aliphatic heterocycles. The number of halogens is 2. The van der Waals surface area contributed by atoms with Gasteiger partial charge in [-0.25, -0.2) is 9.59 Å². The molecule has 0 aromatic heterocycles. The van der Waals surface area contributed by atoms with Crippen molar-refractivity contribution in [2.45, 2.75) is 65.2 Å². The molecule has 0 aliphatic carbocycles. The monoisotopic (exact) mass is 535 g/mol. The number of ether oxygens (including phenoxy) is 2. The van der Waals surface area contributed by atoms with E-state index in [9.17, 15) is 19.5 Å². The zero-order valence-electron chi connectivity index (χ0n) is 17.4. The third-order valence-corrected chi connectivity index (χ3v) is 4.28. The van der Waals surface area contributed by atoms with E-state index >= 15 is 0 Å². The van der Waals surface area contributed by atoms with Crippen molar-refractivity contribution in [1.29, 1.82) is 0 Å². The van der Waals surface area contributed by atoms with Gasteiger partial charge in [0.25, 0.3) is 0 Å². The van der Waals surface area contributed by atoms with Gasteiger partial charge in [-0.1, -0.05) is 31.9 Å². The number of esters is 1. The molecule has 0 spiro atoms. The second kappa shape index (κ2) is 9.93. The molecule has 0 bridgehead atoms. The molecule has 1 rings (SSSR count). The van der Waals surface area contributed by atoms with Crippen LogP contribution in [0.4, 0.5) is 4.79 Å². The van der Waals surface area contributed by atoms with E-state index in [2.05, 4.69) is 31.9 Å². The second-order valence-electron chi connectivity index (χ2n) is 8.53. The lowest BCUT2D eigenvalue weighted by Crippen LogP contribution is -2.51. The molecule has 1 aromatic carbocycles. The highest BCUT2D eigenvalue weighted by molar-refractivity contribution is 9.11. The number of carboxylic acids is 1. The summed E-state index contributed by atoms with van der Waals surface area (Å²) in [7, 11) is 0. The van der Waals surface area contributed by atoms with Crippen LogP contribution in [0.15, 0.2) is 27.1 Å². The van der Waals surface area contributed by atoms with Gasteiger partial charge in [-0.2, -0.15) is 0 Å². The fourth-order valence-electron chi connectivity index (χ4n) is 2.42. The lowest BCUT2D eigenvalue weighted by atomic mass is 10.0. The van der Waals surface area contributed by atoms with E-state index in [0.717, 1.165) is 13.8 Å². The zero-order valence-corrected chi connectivity index (χ0v) is 20.6. The maximum atomic E-state index is 12.7. The highest BCUT2D eigenvalue weighted by Crippen LogP contribution is 2.23. The normalized spacial score (nSPS) is 12.8. The van der Waals surface area contributed by atoms with Crippen LogP contribution in [0.5, 0.6) is 0 Å². The van der Waals surface area contributed by atoms with Crippen molar-refractivity contribution >= 4 is 49.9 Å². The summed E-state index contributed by atoms with van der Waals surface area (Å²) in [5, 5.41) is 9.81. The van der Waals surface area contributed by atoms with E-state index in [-0.39, 0.29) is 6.42 Å². The van der Waals surface area contributed by atoms with Crippen LogP contribution in [-0.4, -0.2) is 51.8 Å². The first-order valence-corrected chi connectivity index (χ1v) is 10.6. The van der Waals surface area contributed by atoms with Crippen LogP contribution in [0.3, 0.4) is 0 Å². The van der Waals surface area contributed by atoms with Gasteiger partial charge < -0.3 is 14.6 Å². The third-order valence-electron chi connectivity index (χ3n) is 3.36. The van der Waals surface area contributed by atoms with Gasteiger partial charge in [0.05, 0.1) is 0 Å². The van der Waals surface area contributed by atoms with Crippen molar-refractivity contribution < 1.29 is 29.0 Å². The topological polar surface area (TPSA) is 93.1 Å². The molecule has 1 amide bonds. The van der Waals surface area contributed by atoms with E-state index in [1.807, 2.05) is 6.07 Å². The van der Waals surface area contributed by atoms with Crippen molar-refractivity contribution in [2.24, 2.45) is 0 Å². The fraction of sp³-hybridized carbons (Fsp3) is 0.550. The van der Waals surface area contributed by atoms with Crippen molar-refractivity contribution in [3.05, 3.63) is 32.7 Å². The summed E-state index contributed by atoms with van der Waals surface area (Å²) in [5.74, 6) is -1.97. The lowest BCUT2D eigenvalue weighted by molar-refractivity contribution is -0.157. The molecule has 0 saturated heterocycles. The van der Waals surface area contributed by atoms with Gasteiger partial charge in [-0.15, -0.1) is 0 Å². The van der Waals surface area contributed by atoms with Gasteiger partial charge in [-0.3, -0.25) is 9.69 Å². The first-order valence-electron chi connectivity index (χ1n) is 8.96. The second-order valence-corrected chi connectivity index (χ2v) is 10.4. The number of carbonyl (C=O) groups excluding carboxylic acids is 2. The maximum absolute atomic E-state index is 12.7. The Morgan fingerprint density at radius 3 is 1.86 bits per heavy atom. The molecule has 0 aliphatic rings. The predicted molar refractivity (Wildman–Crippen MR) is 116 cm³/mol. The highest BCUT2D eigenvalue weighted by atomic mass is 79.9. The van der Waals surface area contributed by atoms with E-state index < -0.39 is 41.8 Å². The number of benzene rings is 1. The van der Waals surface area contributed by atoms with E-state index in [1.165, 1.54) is 0 Å². The number of rotatable bonds is 6. The Morgan fingerprint density at radius 1 is 0.966 bits per heavy atom. The van der Waals surface area contributed by atoms with E-state index in [4.69, 9.17) is 9.47 Å². The molecule has 162 valence electrons. The molecular weight excluding hydrogens is 510 g/mol. The van der Waals surface area contributed by atoms with Crippen molar-refractivity contribution in [3.8, 4) is 0 Å². The minimum atomic E-state index is -1.32. The largest absolute Gasteiger partial charge is 0.480 e. The van der Waals surface area contributed by atoms with Crippen LogP contribution < -0.4 is 0 Å². The minimum Gasteiger partial charge on any atom is -0.480 e. The molecule has 0 saturated carbocycles. The number of hydrogen-bond donors (Lipinski definition) is 1. The standard InChI is InChI=1S/C20H27Br2NO6/c1-19(2,3)28-16(24)11-23(18(27)29-20(4,5)6)15(17(25)26)9-12-7-13(21)10-14(22)8-12/h7-8,10,15H,9,11H2,1-6H3,(H,25,26). The molecule has 9 heteroatoms. The number of hydrogen-bond acceptors (Lipinski definition) is 5. The number of carboxylic acid groups (broad SMARTS) is 1. The SMILES string of the molecule is CC(C)(C)OC(=O)CN(C(=O)OC(C)(C)C)C(Cc1cc(Br)cc(Br)c1)C(=O)O. The van der Waals surface area contributed by atoms with Gasteiger partial charge in [0.2, 0.25) is 0 Å². The highest BCUT2D eigenvalue weighted by Gasteiger charge is 2.35. The van der Waals surface area contributed by atoms with E-state index in [0.29, 0.717) is 5.56 Å². The molecule has 0 fully saturated rings. The Bertz CT molecular complexity index is 747. The summed E-state index contributed by atoms with van der Waals surface area (Å²) >= 11 is 6.72. The Morgan fingerprint density at radius 2 is 1.45 bits per heavy atom. The first-order chi connectivity index (χ1) is 13.1. The Labute approximate surface area is 188 Å². The van der Waals surface area contributed by atoms with Gasteiger partial charge >= 0.3 is 18.0 Å². The van der Waals surface area contributed by atoms with Crippen molar-refractivity contribution in [2.75, 3.05) is 6.54 Å². The summed E-state index contributed by atoms with van der Waals surface area (Å²) in [6.45, 7) is 9.52. The molecule has 0 heterocycles. The quantitative estimate of drug-likeness (QED) is 0.525. The number of nitrogens with zero attached hydrogens (tertiary/aromatic N) is 1. The molecule has 1 aromatic rings. The smallest absolute Gasteiger partial charge is 0.411 e. The third kappa shape index (κ3) is 9.62. The summed E-state index contributed by atoms with van der Waals surface area (Å²) in [5.41, 5.74) is -0.966. The Kier molecular flexibility index (Phi) is 8.71. The molecule has 1 unspecified atom stereocenters. The molecule has 7 nitrogen and oxygen atoms in total. The summed E-state index contributed by atoms with van der Waals surface area (Å²) in [6, 6.07) is 3.99. The molecule has 1 atom stereocenters. The summed E-state index contributed by atoms with van der Waals surface area (Å²) < 4.78 is 12.1. The van der Waals surface area contributed by atoms with Crippen LogP contribution in [0, 0.1) is 0 Å². The summed E-state index contributed by atoms with van der Waals surface area (Å²) in [6.07, 6.45) is -0.917. The van der Waals surface area contributed by atoms with Crippen LogP contribution >= 0.6 is 31.9 Å². The van der Waals surface area contributed by atoms with Crippen LogP contribution in [0.1, 0.15) is 47.1 Å². The Hall–Kier alpha value is -1.61. The molecule has 0 radical (unpaired) electrons. The minimum absolute atomic E-state index is 0.0184. The van der Waals surface area contributed by atoms with Gasteiger partial charge in [0.15, 0.2) is 0 Å². The average Bonchev–Trinajstić information content (AvgIpc) is 2.45.